The van der Waals surface area contributed by atoms with Gasteiger partial charge < -0.3 is 15.1 Å². The second-order valence-electron chi connectivity index (χ2n) is 9.53. The Hall–Kier alpha value is -2.30. The molecule has 10 heteroatoms. The highest BCUT2D eigenvalue weighted by atomic mass is 32.2. The number of fused-ring (bicyclic) bond motifs is 1. The lowest BCUT2D eigenvalue weighted by Crippen LogP contribution is -2.35. The maximum absolute atomic E-state index is 12.6. The molecule has 2 atom stereocenters. The van der Waals surface area contributed by atoms with Crippen LogP contribution in [0.5, 0.6) is 0 Å². The summed E-state index contributed by atoms with van der Waals surface area (Å²) in [5.41, 5.74) is 1.45. The Morgan fingerprint density at radius 2 is 1.94 bits per heavy atom. The highest BCUT2D eigenvalue weighted by Gasteiger charge is 2.42. The molecule has 1 saturated carbocycles. The van der Waals surface area contributed by atoms with Crippen LogP contribution in [-0.2, 0) is 16.4 Å². The summed E-state index contributed by atoms with van der Waals surface area (Å²) in [6.45, 7) is 2.37. The number of sulfone groups is 1. The molecular formula is C25H32N4O4S2. The van der Waals surface area contributed by atoms with E-state index in [1.165, 1.54) is 37.4 Å². The number of carbonyl (C=O) groups is 1. The first-order valence-corrected chi connectivity index (χ1v) is 15.0. The average molecular weight is 517 g/mol. The summed E-state index contributed by atoms with van der Waals surface area (Å²) in [6, 6.07) is 11.7. The predicted octanol–water partition coefficient (Wildman–Crippen LogP) is 3.52. The summed E-state index contributed by atoms with van der Waals surface area (Å²) in [5.74, 6) is 1.24. The Morgan fingerprint density at radius 3 is 2.66 bits per heavy atom. The van der Waals surface area contributed by atoms with E-state index >= 15 is 0 Å². The van der Waals surface area contributed by atoms with Crippen LogP contribution in [0.4, 0.5) is 5.69 Å². The standard InChI is InChI=1S/C25H32N4O4S2/c30-24(26-12-4-13-29(20-5-1-2-6-20)15-21-7-3-14-33-21)18-8-10-19(11-9-18)27-25-28-22-16-35(31,32)17-23(22)34-25/h3,7-11,14,20,22-23H,1-2,4-6,12-13,15-17H2,(H,26,30)(H,27,28)/t22-,23-/m1/s1. The van der Waals surface area contributed by atoms with E-state index in [0.717, 1.165) is 36.1 Å². The van der Waals surface area contributed by atoms with Crippen LogP contribution >= 0.6 is 11.8 Å². The Balaban J connectivity index is 1.07. The monoisotopic (exact) mass is 516 g/mol. The fourth-order valence-corrected chi connectivity index (χ4v) is 8.77. The SMILES string of the molecule is O=C(NCCCN(Cc1ccco1)C1CCCC1)c1ccc(NC2=N[C@@H]3CS(=O)(=O)C[C@H]3S2)cc1. The van der Waals surface area contributed by atoms with Gasteiger partial charge in [0.2, 0.25) is 0 Å². The molecule has 5 rings (SSSR count). The smallest absolute Gasteiger partial charge is 0.251 e. The Morgan fingerprint density at radius 1 is 1.14 bits per heavy atom. The molecule has 1 aliphatic carbocycles. The van der Waals surface area contributed by atoms with Crippen molar-refractivity contribution < 1.29 is 17.6 Å². The highest BCUT2D eigenvalue weighted by Crippen LogP contribution is 2.34. The number of rotatable bonds is 9. The molecule has 2 N–H and O–H groups in total. The van der Waals surface area contributed by atoms with Gasteiger partial charge in [0.15, 0.2) is 15.0 Å². The minimum absolute atomic E-state index is 0.0104. The van der Waals surface area contributed by atoms with Crippen LogP contribution in [0.3, 0.4) is 0 Å². The van der Waals surface area contributed by atoms with Crippen molar-refractivity contribution in [3.63, 3.8) is 0 Å². The third-order valence-corrected chi connectivity index (χ3v) is 10.0. The molecule has 1 saturated heterocycles. The van der Waals surface area contributed by atoms with Crippen molar-refractivity contribution in [3.8, 4) is 0 Å². The van der Waals surface area contributed by atoms with E-state index in [2.05, 4.69) is 20.5 Å². The number of carbonyl (C=O) groups excluding carboxylic acids is 1. The second kappa shape index (κ2) is 10.8. The molecule has 3 aliphatic rings. The number of nitrogens with zero attached hydrogens (tertiary/aromatic N) is 2. The molecular weight excluding hydrogens is 484 g/mol. The van der Waals surface area contributed by atoms with Gasteiger partial charge in [0.05, 0.1) is 30.4 Å². The summed E-state index contributed by atoms with van der Waals surface area (Å²) in [5, 5.41) is 7.04. The number of nitrogens with one attached hydrogen (secondary N) is 2. The largest absolute Gasteiger partial charge is 0.468 e. The van der Waals surface area contributed by atoms with Crippen LogP contribution in [0, 0.1) is 0 Å². The number of hydrogen-bond acceptors (Lipinski definition) is 8. The Kier molecular flexibility index (Phi) is 7.50. The summed E-state index contributed by atoms with van der Waals surface area (Å²) in [4.78, 5) is 19.6. The number of thioether (sulfide) groups is 1. The van der Waals surface area contributed by atoms with Crippen LogP contribution < -0.4 is 10.6 Å². The molecule has 1 aromatic carbocycles. The molecule has 1 amide bonds. The van der Waals surface area contributed by atoms with Crippen molar-refractivity contribution in [2.45, 2.75) is 56.0 Å². The van der Waals surface area contributed by atoms with Gasteiger partial charge in [0.25, 0.3) is 5.91 Å². The first kappa shape index (κ1) is 24.4. The molecule has 0 unspecified atom stereocenters. The highest BCUT2D eigenvalue weighted by molar-refractivity contribution is 8.15. The molecule has 3 heterocycles. The third kappa shape index (κ3) is 6.29. The van der Waals surface area contributed by atoms with Crippen molar-refractivity contribution in [2.24, 2.45) is 4.99 Å². The number of amidine groups is 1. The van der Waals surface area contributed by atoms with Gasteiger partial charge in [-0.1, -0.05) is 24.6 Å². The zero-order chi connectivity index (χ0) is 24.3. The van der Waals surface area contributed by atoms with Gasteiger partial charge in [-0.25, -0.2) is 8.42 Å². The Labute approximate surface area is 210 Å². The second-order valence-corrected chi connectivity index (χ2v) is 12.9. The summed E-state index contributed by atoms with van der Waals surface area (Å²) in [6.07, 6.45) is 7.66. The molecule has 8 nitrogen and oxygen atoms in total. The molecule has 0 bridgehead atoms. The lowest BCUT2D eigenvalue weighted by Gasteiger charge is -2.28. The summed E-state index contributed by atoms with van der Waals surface area (Å²) in [7, 11) is -2.96. The number of furan rings is 1. The normalized spacial score (nSPS) is 23.4. The van der Waals surface area contributed by atoms with E-state index < -0.39 is 9.84 Å². The third-order valence-electron chi connectivity index (χ3n) is 6.90. The minimum Gasteiger partial charge on any atom is -0.468 e. The maximum atomic E-state index is 12.6. The number of aliphatic imine (C=N–C) groups is 1. The van der Waals surface area contributed by atoms with Crippen molar-refractivity contribution in [2.75, 3.05) is 29.9 Å². The quantitative estimate of drug-likeness (QED) is 0.492. The molecule has 0 spiro atoms. The van der Waals surface area contributed by atoms with Gasteiger partial charge in [0, 0.05) is 35.6 Å². The van der Waals surface area contributed by atoms with Gasteiger partial charge in [-0.05, 0) is 55.7 Å². The lowest BCUT2D eigenvalue weighted by atomic mass is 10.1. The molecule has 35 heavy (non-hydrogen) atoms. The van der Waals surface area contributed by atoms with E-state index in [4.69, 9.17) is 4.42 Å². The van der Waals surface area contributed by atoms with Crippen LogP contribution in [0.15, 0.2) is 52.1 Å². The van der Waals surface area contributed by atoms with E-state index in [1.807, 2.05) is 24.3 Å². The summed E-state index contributed by atoms with van der Waals surface area (Å²) >= 11 is 1.49. The minimum atomic E-state index is -2.96. The zero-order valence-corrected chi connectivity index (χ0v) is 21.3. The Bertz CT molecular complexity index is 1140. The fourth-order valence-electron chi connectivity index (χ4n) is 5.09. The lowest BCUT2D eigenvalue weighted by molar-refractivity contribution is 0.0949. The van der Waals surface area contributed by atoms with Gasteiger partial charge in [-0.2, -0.15) is 0 Å². The van der Waals surface area contributed by atoms with Gasteiger partial charge in [-0.15, -0.1) is 0 Å². The zero-order valence-electron chi connectivity index (χ0n) is 19.7. The van der Waals surface area contributed by atoms with Crippen molar-refractivity contribution >= 4 is 38.4 Å². The van der Waals surface area contributed by atoms with Crippen LogP contribution in [0.1, 0.15) is 48.2 Å². The van der Waals surface area contributed by atoms with E-state index in [1.54, 1.807) is 18.4 Å². The van der Waals surface area contributed by atoms with E-state index in [9.17, 15) is 13.2 Å². The van der Waals surface area contributed by atoms with Gasteiger partial charge in [-0.3, -0.25) is 14.7 Å². The topological polar surface area (TPSA) is 104 Å². The molecule has 2 aromatic rings. The molecule has 0 radical (unpaired) electrons. The van der Waals surface area contributed by atoms with Crippen molar-refractivity contribution in [3.05, 3.63) is 54.0 Å². The van der Waals surface area contributed by atoms with Gasteiger partial charge in [0.1, 0.15) is 5.76 Å². The van der Waals surface area contributed by atoms with Crippen molar-refractivity contribution in [1.29, 1.82) is 0 Å². The average Bonchev–Trinajstić information content (AvgIpc) is 3.61. The van der Waals surface area contributed by atoms with Crippen LogP contribution in [-0.4, -0.2) is 66.3 Å². The molecule has 2 fully saturated rings. The van der Waals surface area contributed by atoms with Crippen LogP contribution in [0.2, 0.25) is 0 Å². The number of anilines is 1. The van der Waals surface area contributed by atoms with E-state index in [0.29, 0.717) is 18.2 Å². The fraction of sp³-hybridized carbons (Fsp3) is 0.520. The number of amides is 1. The number of hydrogen-bond donors (Lipinski definition) is 2. The first-order valence-electron chi connectivity index (χ1n) is 12.3. The predicted molar refractivity (Wildman–Crippen MR) is 140 cm³/mol. The van der Waals surface area contributed by atoms with E-state index in [-0.39, 0.29) is 28.7 Å². The molecule has 2 aliphatic heterocycles. The first-order chi connectivity index (χ1) is 16.9. The van der Waals surface area contributed by atoms with Gasteiger partial charge >= 0.3 is 0 Å². The number of benzene rings is 1. The molecule has 1 aromatic heterocycles. The van der Waals surface area contributed by atoms with Crippen molar-refractivity contribution in [1.82, 2.24) is 10.2 Å². The molecule has 188 valence electrons. The maximum Gasteiger partial charge on any atom is 0.251 e. The van der Waals surface area contributed by atoms with Crippen LogP contribution in [0.25, 0.3) is 0 Å². The summed E-state index contributed by atoms with van der Waals surface area (Å²) < 4.78 is 29.0.